The lowest BCUT2D eigenvalue weighted by Crippen LogP contribution is -2.55. The highest BCUT2D eigenvalue weighted by atomic mass is 28.4. The minimum Gasteiger partial charge on any atom is -0.468 e. The van der Waals surface area contributed by atoms with E-state index in [0.717, 1.165) is 0 Å². The van der Waals surface area contributed by atoms with Crippen LogP contribution in [0.15, 0.2) is 0 Å². The summed E-state index contributed by atoms with van der Waals surface area (Å²) in [7, 11) is 0.465. The second kappa shape index (κ2) is 9.46. The van der Waals surface area contributed by atoms with Crippen molar-refractivity contribution in [3.8, 4) is 0 Å². The van der Waals surface area contributed by atoms with Crippen LogP contribution in [0.2, 0.25) is 0 Å². The number of carbonyl (C=O) groups excluding carboxylic acids is 1. The SMILES string of the molecule is CCO[Si](CN(C)CC(=O)OC)(OCC)OCC. The third-order valence-corrected chi connectivity index (χ3v) is 5.30. The Kier molecular flexibility index (Phi) is 9.21. The predicted octanol–water partition coefficient (Wildman–Crippen LogP) is 0.679. The van der Waals surface area contributed by atoms with E-state index < -0.39 is 8.80 Å². The molecule has 0 saturated heterocycles. The van der Waals surface area contributed by atoms with Gasteiger partial charge in [0.1, 0.15) is 0 Å². The average molecular weight is 279 g/mol. The Labute approximate surface area is 111 Å². The Balaban J connectivity index is 4.57. The van der Waals surface area contributed by atoms with Crippen molar-refractivity contribution in [2.24, 2.45) is 0 Å². The maximum absolute atomic E-state index is 11.2. The van der Waals surface area contributed by atoms with E-state index >= 15 is 0 Å². The van der Waals surface area contributed by atoms with Crippen molar-refractivity contribution in [2.45, 2.75) is 20.8 Å². The van der Waals surface area contributed by atoms with Gasteiger partial charge >= 0.3 is 14.8 Å². The van der Waals surface area contributed by atoms with Crippen LogP contribution in [-0.2, 0) is 22.8 Å². The van der Waals surface area contributed by atoms with E-state index in [9.17, 15) is 4.79 Å². The Morgan fingerprint density at radius 2 is 1.50 bits per heavy atom. The number of hydrogen-bond donors (Lipinski definition) is 0. The van der Waals surface area contributed by atoms with Crippen LogP contribution in [0.1, 0.15) is 20.8 Å². The zero-order chi connectivity index (χ0) is 14.0. The molecule has 0 atom stereocenters. The molecule has 7 heteroatoms. The van der Waals surface area contributed by atoms with E-state index in [0.29, 0.717) is 26.0 Å². The molecule has 0 saturated carbocycles. The lowest BCUT2D eigenvalue weighted by molar-refractivity contribution is -0.141. The molecule has 0 unspecified atom stereocenters. The Morgan fingerprint density at radius 3 is 1.83 bits per heavy atom. The second-order valence-corrected chi connectivity index (χ2v) is 6.28. The molecular weight excluding hydrogens is 254 g/mol. The summed E-state index contributed by atoms with van der Waals surface area (Å²) in [4.78, 5) is 13.0. The fourth-order valence-electron chi connectivity index (χ4n) is 1.59. The predicted molar refractivity (Wildman–Crippen MR) is 70.1 cm³/mol. The van der Waals surface area contributed by atoms with Gasteiger partial charge in [0, 0.05) is 19.8 Å². The minimum absolute atomic E-state index is 0.193. The summed E-state index contributed by atoms with van der Waals surface area (Å²) in [5.41, 5.74) is 0. The zero-order valence-corrected chi connectivity index (χ0v) is 13.0. The molecule has 0 aromatic heterocycles. The van der Waals surface area contributed by atoms with Gasteiger partial charge in [0.15, 0.2) is 0 Å². The third-order valence-electron chi connectivity index (χ3n) is 2.18. The summed E-state index contributed by atoms with van der Waals surface area (Å²) >= 11 is 0. The smallest absolute Gasteiger partial charge is 0.468 e. The lowest BCUT2D eigenvalue weighted by atomic mass is 10.6. The number of likely N-dealkylation sites (N-methyl/N-ethyl adjacent to an activating group) is 1. The molecule has 0 bridgehead atoms. The number of methoxy groups -OCH3 is 1. The van der Waals surface area contributed by atoms with Gasteiger partial charge in [-0.25, -0.2) is 0 Å². The molecule has 0 N–H and O–H groups in total. The van der Waals surface area contributed by atoms with E-state index in [1.165, 1.54) is 7.11 Å². The molecule has 0 rings (SSSR count). The van der Waals surface area contributed by atoms with Gasteiger partial charge in [-0.15, -0.1) is 0 Å². The number of esters is 1. The number of ether oxygens (including phenoxy) is 1. The molecule has 6 nitrogen and oxygen atoms in total. The van der Waals surface area contributed by atoms with Crippen LogP contribution >= 0.6 is 0 Å². The van der Waals surface area contributed by atoms with Crippen molar-refractivity contribution in [3.05, 3.63) is 0 Å². The first kappa shape index (κ1) is 17.5. The summed E-state index contributed by atoms with van der Waals surface area (Å²) in [6.45, 7) is 7.48. The van der Waals surface area contributed by atoms with Crippen molar-refractivity contribution in [1.82, 2.24) is 4.90 Å². The number of rotatable bonds is 10. The summed E-state index contributed by atoms with van der Waals surface area (Å²) in [6, 6.07) is 0. The summed E-state index contributed by atoms with van der Waals surface area (Å²) in [5, 5.41) is 0. The normalized spacial score (nSPS) is 11.9. The molecule has 0 heterocycles. The third kappa shape index (κ3) is 6.46. The fourth-order valence-corrected chi connectivity index (χ4v) is 4.21. The molecule has 0 aromatic rings. The molecule has 0 aliphatic rings. The maximum atomic E-state index is 11.2. The van der Waals surface area contributed by atoms with Crippen molar-refractivity contribution in [2.75, 3.05) is 46.7 Å². The largest absolute Gasteiger partial charge is 0.515 e. The molecule has 0 aromatic carbocycles. The first-order chi connectivity index (χ1) is 8.53. The molecule has 0 aliphatic carbocycles. The van der Waals surface area contributed by atoms with Crippen LogP contribution in [0.4, 0.5) is 0 Å². The minimum atomic E-state index is -2.72. The van der Waals surface area contributed by atoms with E-state index in [4.69, 9.17) is 13.3 Å². The first-order valence-electron chi connectivity index (χ1n) is 6.20. The second-order valence-electron chi connectivity index (χ2n) is 3.73. The lowest BCUT2D eigenvalue weighted by Gasteiger charge is -2.31. The van der Waals surface area contributed by atoms with Gasteiger partial charge in [-0.2, -0.15) is 0 Å². The van der Waals surface area contributed by atoms with Crippen molar-refractivity contribution < 1.29 is 22.8 Å². The summed E-state index contributed by atoms with van der Waals surface area (Å²) < 4.78 is 21.7. The molecule has 0 spiro atoms. The van der Waals surface area contributed by atoms with Crippen LogP contribution < -0.4 is 0 Å². The molecule has 0 fully saturated rings. The highest BCUT2D eigenvalue weighted by Gasteiger charge is 2.42. The van der Waals surface area contributed by atoms with E-state index in [-0.39, 0.29) is 12.5 Å². The van der Waals surface area contributed by atoms with Gasteiger partial charge in [-0.1, -0.05) is 0 Å². The van der Waals surface area contributed by atoms with Crippen LogP contribution in [0.5, 0.6) is 0 Å². The van der Waals surface area contributed by atoms with Gasteiger partial charge in [0.25, 0.3) is 0 Å². The number of hydrogen-bond acceptors (Lipinski definition) is 6. The topological polar surface area (TPSA) is 57.2 Å². The van der Waals surface area contributed by atoms with Gasteiger partial charge < -0.3 is 18.0 Å². The van der Waals surface area contributed by atoms with Crippen LogP contribution in [0, 0.1) is 0 Å². The fraction of sp³-hybridized carbons (Fsp3) is 0.909. The van der Waals surface area contributed by atoms with E-state index in [1.54, 1.807) is 4.90 Å². The molecule has 0 aliphatic heterocycles. The number of carbonyl (C=O) groups is 1. The molecule has 18 heavy (non-hydrogen) atoms. The van der Waals surface area contributed by atoms with Gasteiger partial charge in [0.2, 0.25) is 0 Å². The van der Waals surface area contributed by atoms with Crippen molar-refractivity contribution >= 4 is 14.8 Å². The molecule has 0 amide bonds. The van der Waals surface area contributed by atoms with Crippen LogP contribution in [-0.4, -0.2) is 66.4 Å². The Bertz CT molecular complexity index is 222. The highest BCUT2D eigenvalue weighted by Crippen LogP contribution is 2.11. The molecular formula is C11H25NO5Si. The van der Waals surface area contributed by atoms with E-state index in [2.05, 4.69) is 4.74 Å². The van der Waals surface area contributed by atoms with Crippen molar-refractivity contribution in [1.29, 1.82) is 0 Å². The Morgan fingerprint density at radius 1 is 1.06 bits per heavy atom. The monoisotopic (exact) mass is 279 g/mol. The summed E-state index contributed by atoms with van der Waals surface area (Å²) in [5.74, 6) is -0.287. The van der Waals surface area contributed by atoms with Crippen LogP contribution in [0.3, 0.4) is 0 Å². The molecule has 108 valence electrons. The average Bonchev–Trinajstić information content (AvgIpc) is 2.29. The highest BCUT2D eigenvalue weighted by molar-refractivity contribution is 6.60. The zero-order valence-electron chi connectivity index (χ0n) is 12.0. The first-order valence-corrected chi connectivity index (χ1v) is 8.13. The Hall–Kier alpha value is -0.473. The quantitative estimate of drug-likeness (QED) is 0.433. The molecule has 0 radical (unpaired) electrons. The standard InChI is InChI=1S/C11H25NO5Si/c1-6-15-18(16-7-2,17-8-3)10-12(4)9-11(13)14-5/h6-10H2,1-5H3. The summed E-state index contributed by atoms with van der Waals surface area (Å²) in [6.07, 6.45) is 0.470. The van der Waals surface area contributed by atoms with Gasteiger partial charge in [-0.05, 0) is 27.8 Å². The van der Waals surface area contributed by atoms with Crippen molar-refractivity contribution in [3.63, 3.8) is 0 Å². The van der Waals surface area contributed by atoms with Crippen LogP contribution in [0.25, 0.3) is 0 Å². The van der Waals surface area contributed by atoms with E-state index in [1.807, 2.05) is 27.8 Å². The van der Waals surface area contributed by atoms with Gasteiger partial charge in [0.05, 0.1) is 19.8 Å². The number of nitrogens with zero attached hydrogens (tertiary/aromatic N) is 1. The van der Waals surface area contributed by atoms with Gasteiger partial charge in [-0.3, -0.25) is 9.69 Å². The maximum Gasteiger partial charge on any atom is 0.515 e.